The molecule has 1 rings (SSSR count). The van der Waals surface area contributed by atoms with Gasteiger partial charge >= 0.3 is 0 Å². The van der Waals surface area contributed by atoms with Gasteiger partial charge in [0, 0.05) is 6.54 Å². The molecule has 0 bridgehead atoms. The fourth-order valence-electron chi connectivity index (χ4n) is 0.700. The highest BCUT2D eigenvalue weighted by atomic mass is 16.3. The topological polar surface area (TPSA) is 51.2 Å². The molecule has 0 aliphatic heterocycles. The van der Waals surface area contributed by atoms with Gasteiger partial charge in [0.2, 0.25) is 0 Å². The molecular weight excluding hydrogens is 128 g/mol. The Morgan fingerprint density at radius 3 is 3.10 bits per heavy atom. The molecule has 3 N–H and O–H groups in total. The number of hydrogen-bond donors (Lipinski definition) is 2. The third kappa shape index (κ3) is 2.11. The van der Waals surface area contributed by atoms with Gasteiger partial charge in [-0.05, 0) is 19.0 Å². The summed E-state index contributed by atoms with van der Waals surface area (Å²) in [4.78, 5) is 0. The van der Waals surface area contributed by atoms with Crippen molar-refractivity contribution >= 4 is 5.69 Å². The van der Waals surface area contributed by atoms with Crippen molar-refractivity contribution in [1.29, 1.82) is 0 Å². The number of furan rings is 1. The predicted molar refractivity (Wildman–Crippen MR) is 40.9 cm³/mol. The minimum atomic E-state index is 0.727. The minimum Gasteiger partial charge on any atom is -0.470 e. The zero-order chi connectivity index (χ0) is 7.23. The van der Waals surface area contributed by atoms with Crippen LogP contribution in [0.1, 0.15) is 6.42 Å². The molecule has 0 saturated heterocycles. The van der Waals surface area contributed by atoms with E-state index in [2.05, 4.69) is 5.32 Å². The average Bonchev–Trinajstić information content (AvgIpc) is 2.41. The van der Waals surface area contributed by atoms with E-state index in [0.29, 0.717) is 0 Å². The monoisotopic (exact) mass is 140 g/mol. The van der Waals surface area contributed by atoms with Gasteiger partial charge in [-0.2, -0.15) is 0 Å². The predicted octanol–water partition coefficient (Wildman–Crippen LogP) is 1.04. The molecule has 3 nitrogen and oxygen atoms in total. The van der Waals surface area contributed by atoms with Gasteiger partial charge in [0.1, 0.15) is 6.26 Å². The summed E-state index contributed by atoms with van der Waals surface area (Å²) in [5, 5.41) is 3.15. The number of rotatable bonds is 4. The zero-order valence-electron chi connectivity index (χ0n) is 5.84. The lowest BCUT2D eigenvalue weighted by Gasteiger charge is -1.98. The largest absolute Gasteiger partial charge is 0.470 e. The summed E-state index contributed by atoms with van der Waals surface area (Å²) in [5.74, 6) is 0. The van der Waals surface area contributed by atoms with E-state index in [-0.39, 0.29) is 0 Å². The first-order valence-electron chi connectivity index (χ1n) is 3.39. The van der Waals surface area contributed by atoms with Crippen LogP contribution in [0.2, 0.25) is 0 Å². The molecule has 0 unspecified atom stereocenters. The molecule has 1 aromatic heterocycles. The second-order valence-electron chi connectivity index (χ2n) is 2.08. The molecule has 1 heterocycles. The van der Waals surface area contributed by atoms with Crippen molar-refractivity contribution in [3.8, 4) is 0 Å². The van der Waals surface area contributed by atoms with Gasteiger partial charge in [0.25, 0.3) is 0 Å². The Balaban J connectivity index is 2.15. The smallest absolute Gasteiger partial charge is 0.113 e. The van der Waals surface area contributed by atoms with Crippen LogP contribution < -0.4 is 11.1 Å². The fraction of sp³-hybridized carbons (Fsp3) is 0.429. The van der Waals surface area contributed by atoms with Crippen molar-refractivity contribution in [2.45, 2.75) is 6.42 Å². The first-order chi connectivity index (χ1) is 4.93. The SMILES string of the molecule is NCCCNc1ccoc1. The summed E-state index contributed by atoms with van der Waals surface area (Å²) < 4.78 is 4.85. The van der Waals surface area contributed by atoms with Crippen molar-refractivity contribution in [3.05, 3.63) is 18.6 Å². The Hall–Kier alpha value is -0.960. The highest BCUT2D eigenvalue weighted by molar-refractivity contribution is 5.38. The summed E-state index contributed by atoms with van der Waals surface area (Å²) in [6.45, 7) is 1.64. The van der Waals surface area contributed by atoms with Gasteiger partial charge in [0.05, 0.1) is 12.0 Å². The molecule has 0 amide bonds. The molecule has 0 spiro atoms. The molecule has 0 aliphatic rings. The maximum absolute atomic E-state index is 5.30. The van der Waals surface area contributed by atoms with Gasteiger partial charge in [-0.15, -0.1) is 0 Å². The molecule has 0 radical (unpaired) electrons. The summed E-state index contributed by atoms with van der Waals surface area (Å²) in [6, 6.07) is 1.89. The number of nitrogens with one attached hydrogen (secondary N) is 1. The lowest BCUT2D eigenvalue weighted by atomic mass is 10.4. The summed E-state index contributed by atoms with van der Waals surface area (Å²) in [7, 11) is 0. The molecule has 1 aromatic rings. The van der Waals surface area contributed by atoms with Crippen LogP contribution in [0.15, 0.2) is 23.0 Å². The Kier molecular flexibility index (Phi) is 2.83. The Morgan fingerprint density at radius 2 is 2.50 bits per heavy atom. The van der Waals surface area contributed by atoms with Gasteiger partial charge < -0.3 is 15.5 Å². The van der Waals surface area contributed by atoms with Crippen molar-refractivity contribution < 1.29 is 4.42 Å². The van der Waals surface area contributed by atoms with Crippen molar-refractivity contribution in [2.24, 2.45) is 5.73 Å². The third-order valence-corrected chi connectivity index (χ3v) is 1.23. The molecule has 0 saturated carbocycles. The van der Waals surface area contributed by atoms with Crippen LogP contribution in [0.3, 0.4) is 0 Å². The Labute approximate surface area is 60.2 Å². The van der Waals surface area contributed by atoms with Gasteiger partial charge in [-0.3, -0.25) is 0 Å². The summed E-state index contributed by atoms with van der Waals surface area (Å²) >= 11 is 0. The fourth-order valence-corrected chi connectivity index (χ4v) is 0.700. The number of anilines is 1. The van der Waals surface area contributed by atoms with Gasteiger partial charge in [-0.25, -0.2) is 0 Å². The van der Waals surface area contributed by atoms with Gasteiger partial charge in [-0.1, -0.05) is 0 Å². The maximum Gasteiger partial charge on any atom is 0.113 e. The van der Waals surface area contributed by atoms with Crippen LogP contribution in [0, 0.1) is 0 Å². The zero-order valence-corrected chi connectivity index (χ0v) is 5.84. The highest BCUT2D eigenvalue weighted by Crippen LogP contribution is 2.05. The van der Waals surface area contributed by atoms with Crippen molar-refractivity contribution in [2.75, 3.05) is 18.4 Å². The van der Waals surface area contributed by atoms with Crippen LogP contribution in [-0.2, 0) is 0 Å². The van der Waals surface area contributed by atoms with Crippen molar-refractivity contribution in [1.82, 2.24) is 0 Å². The first-order valence-corrected chi connectivity index (χ1v) is 3.39. The quantitative estimate of drug-likeness (QED) is 0.614. The first kappa shape index (κ1) is 7.15. The molecular formula is C7H12N2O. The van der Waals surface area contributed by atoms with Crippen LogP contribution in [0.5, 0.6) is 0 Å². The Morgan fingerprint density at radius 1 is 1.60 bits per heavy atom. The Bertz CT molecular complexity index is 160. The molecule has 3 heteroatoms. The number of hydrogen-bond acceptors (Lipinski definition) is 3. The number of nitrogens with two attached hydrogens (primary N) is 1. The molecule has 0 aliphatic carbocycles. The standard InChI is InChI=1S/C7H12N2O/c8-3-1-4-9-7-2-5-10-6-7/h2,5-6,9H,1,3-4,8H2. The molecule has 10 heavy (non-hydrogen) atoms. The van der Waals surface area contributed by atoms with Crippen LogP contribution in [0.4, 0.5) is 5.69 Å². The summed E-state index contributed by atoms with van der Waals surface area (Å²) in [6.07, 6.45) is 4.31. The molecule has 0 fully saturated rings. The van der Waals surface area contributed by atoms with E-state index < -0.39 is 0 Å². The maximum atomic E-state index is 5.30. The molecule has 0 atom stereocenters. The van der Waals surface area contributed by atoms with Gasteiger partial charge in [0.15, 0.2) is 0 Å². The van der Waals surface area contributed by atoms with Crippen molar-refractivity contribution in [3.63, 3.8) is 0 Å². The van der Waals surface area contributed by atoms with E-state index in [4.69, 9.17) is 10.2 Å². The van der Waals surface area contributed by atoms with E-state index in [0.717, 1.165) is 25.2 Å². The van der Waals surface area contributed by atoms with E-state index in [9.17, 15) is 0 Å². The molecule has 56 valence electrons. The summed E-state index contributed by atoms with van der Waals surface area (Å²) in [5.41, 5.74) is 6.33. The van der Waals surface area contributed by atoms with Crippen LogP contribution in [-0.4, -0.2) is 13.1 Å². The lowest BCUT2D eigenvalue weighted by molar-refractivity contribution is 0.568. The highest BCUT2D eigenvalue weighted by Gasteiger charge is 1.89. The van der Waals surface area contributed by atoms with Crippen LogP contribution >= 0.6 is 0 Å². The second-order valence-corrected chi connectivity index (χ2v) is 2.08. The molecule has 0 aromatic carbocycles. The third-order valence-electron chi connectivity index (χ3n) is 1.23. The van der Waals surface area contributed by atoms with E-state index in [1.807, 2.05) is 6.07 Å². The lowest BCUT2D eigenvalue weighted by Crippen LogP contribution is -2.07. The normalized spacial score (nSPS) is 9.70. The van der Waals surface area contributed by atoms with E-state index in [1.54, 1.807) is 12.5 Å². The van der Waals surface area contributed by atoms with E-state index in [1.165, 1.54) is 0 Å². The van der Waals surface area contributed by atoms with Crippen LogP contribution in [0.25, 0.3) is 0 Å². The minimum absolute atomic E-state index is 0.727. The average molecular weight is 140 g/mol. The second kappa shape index (κ2) is 3.95. The van der Waals surface area contributed by atoms with E-state index >= 15 is 0 Å².